The Morgan fingerprint density at radius 2 is 2.18 bits per heavy atom. The zero-order chi connectivity index (χ0) is 12.3. The normalized spacial score (nSPS) is 21.9. The molecule has 1 unspecified atom stereocenters. The lowest BCUT2D eigenvalue weighted by Crippen LogP contribution is -2.41. The quantitative estimate of drug-likeness (QED) is 0.836. The number of morpholine rings is 1. The second kappa shape index (κ2) is 5.17. The molecule has 0 bridgehead atoms. The van der Waals surface area contributed by atoms with Crippen LogP contribution in [0.3, 0.4) is 0 Å². The Kier molecular flexibility index (Phi) is 3.62. The van der Waals surface area contributed by atoms with Crippen LogP contribution in [0.25, 0.3) is 0 Å². The second-order valence-corrected chi connectivity index (χ2v) is 4.31. The van der Waals surface area contributed by atoms with Crippen LogP contribution in [0.2, 0.25) is 0 Å². The number of nitriles is 1. The smallest absolute Gasteiger partial charge is 0.161 e. The minimum absolute atomic E-state index is 0.0561. The second-order valence-electron chi connectivity index (χ2n) is 4.31. The van der Waals surface area contributed by atoms with Gasteiger partial charge in [0, 0.05) is 18.3 Å². The minimum atomic E-state index is -0.322. The maximum absolute atomic E-state index is 8.85. The van der Waals surface area contributed by atoms with Crippen LogP contribution in [0, 0.1) is 11.3 Å². The average molecular weight is 231 g/mol. The van der Waals surface area contributed by atoms with Crippen LogP contribution in [0.4, 0.5) is 5.69 Å². The molecule has 4 heteroatoms. The molecule has 1 fully saturated rings. The highest BCUT2D eigenvalue weighted by Crippen LogP contribution is 2.20. The predicted octanol–water partition coefficient (Wildman–Crippen LogP) is 1.44. The molecule has 17 heavy (non-hydrogen) atoms. The van der Waals surface area contributed by atoms with E-state index in [-0.39, 0.29) is 12.1 Å². The van der Waals surface area contributed by atoms with Crippen molar-refractivity contribution in [2.45, 2.75) is 19.1 Å². The van der Waals surface area contributed by atoms with Gasteiger partial charge < -0.3 is 15.4 Å². The molecule has 90 valence electrons. The molecule has 1 aliphatic rings. The van der Waals surface area contributed by atoms with Crippen LogP contribution in [0.5, 0.6) is 0 Å². The molecule has 0 spiro atoms. The Morgan fingerprint density at radius 3 is 2.76 bits per heavy atom. The van der Waals surface area contributed by atoms with Gasteiger partial charge in [-0.15, -0.1) is 0 Å². The number of nitrogens with two attached hydrogens (primary N) is 1. The van der Waals surface area contributed by atoms with Gasteiger partial charge in [0.1, 0.15) is 0 Å². The first-order chi connectivity index (χ1) is 8.20. The molecule has 0 aromatic heterocycles. The number of anilines is 1. The van der Waals surface area contributed by atoms with E-state index in [1.165, 1.54) is 0 Å². The molecule has 0 saturated carbocycles. The third-order valence-electron chi connectivity index (χ3n) is 2.99. The van der Waals surface area contributed by atoms with Crippen molar-refractivity contribution in [3.8, 4) is 6.07 Å². The molecule has 0 amide bonds. The number of benzene rings is 1. The molecule has 1 aromatic carbocycles. The first kappa shape index (κ1) is 11.9. The summed E-state index contributed by atoms with van der Waals surface area (Å²) in [4.78, 5) is 2.17. The Labute approximate surface area is 102 Å². The van der Waals surface area contributed by atoms with Crippen LogP contribution >= 0.6 is 0 Å². The Hall–Kier alpha value is -1.57. The lowest BCUT2D eigenvalue weighted by molar-refractivity contribution is 0.0764. The summed E-state index contributed by atoms with van der Waals surface area (Å²) in [5, 5.41) is 8.85. The fourth-order valence-corrected chi connectivity index (χ4v) is 1.95. The topological polar surface area (TPSA) is 62.3 Å². The van der Waals surface area contributed by atoms with Crippen molar-refractivity contribution in [2.75, 3.05) is 24.6 Å². The van der Waals surface area contributed by atoms with Gasteiger partial charge in [-0.05, 0) is 24.6 Å². The molecule has 1 aromatic rings. The molecule has 0 aliphatic carbocycles. The number of nitrogens with zero attached hydrogens (tertiary/aromatic N) is 2. The highest BCUT2D eigenvalue weighted by Gasteiger charge is 2.19. The van der Waals surface area contributed by atoms with E-state index in [0.717, 1.165) is 17.8 Å². The first-order valence-corrected chi connectivity index (χ1v) is 5.82. The van der Waals surface area contributed by atoms with Gasteiger partial charge in [0.15, 0.2) is 6.10 Å². The van der Waals surface area contributed by atoms with E-state index >= 15 is 0 Å². The molecule has 1 aliphatic heterocycles. The zero-order valence-electron chi connectivity index (χ0n) is 9.97. The van der Waals surface area contributed by atoms with E-state index in [9.17, 15) is 0 Å². The van der Waals surface area contributed by atoms with Gasteiger partial charge in [-0.25, -0.2) is 0 Å². The van der Waals surface area contributed by atoms with Crippen LogP contribution in [0.15, 0.2) is 24.3 Å². The molecule has 2 rings (SSSR count). The maximum atomic E-state index is 8.85. The van der Waals surface area contributed by atoms with Crippen molar-refractivity contribution in [2.24, 2.45) is 5.73 Å². The van der Waals surface area contributed by atoms with Crippen molar-refractivity contribution in [3.63, 3.8) is 0 Å². The fourth-order valence-electron chi connectivity index (χ4n) is 1.95. The van der Waals surface area contributed by atoms with E-state index in [4.69, 9.17) is 15.7 Å². The highest BCUT2D eigenvalue weighted by atomic mass is 16.5. The van der Waals surface area contributed by atoms with Crippen molar-refractivity contribution in [1.82, 2.24) is 0 Å². The fraction of sp³-hybridized carbons (Fsp3) is 0.462. The summed E-state index contributed by atoms with van der Waals surface area (Å²) in [6, 6.07) is 10.4. The van der Waals surface area contributed by atoms with Crippen molar-refractivity contribution < 1.29 is 4.74 Å². The van der Waals surface area contributed by atoms with Gasteiger partial charge in [0.25, 0.3) is 0 Å². The van der Waals surface area contributed by atoms with Crippen LogP contribution in [0.1, 0.15) is 18.5 Å². The third kappa shape index (κ3) is 2.76. The summed E-state index contributed by atoms with van der Waals surface area (Å²) in [6.45, 7) is 4.03. The molecule has 4 nitrogen and oxygen atoms in total. The molecular weight excluding hydrogens is 214 g/mol. The summed E-state index contributed by atoms with van der Waals surface area (Å²) in [6.07, 6.45) is -0.322. The third-order valence-corrected chi connectivity index (χ3v) is 2.99. The van der Waals surface area contributed by atoms with Gasteiger partial charge in [-0.1, -0.05) is 12.1 Å². The van der Waals surface area contributed by atoms with E-state index in [1.807, 2.05) is 19.1 Å². The number of ether oxygens (including phenoxy) is 1. The van der Waals surface area contributed by atoms with Gasteiger partial charge >= 0.3 is 0 Å². The molecule has 2 N–H and O–H groups in total. The molecule has 1 heterocycles. The summed E-state index contributed by atoms with van der Waals surface area (Å²) in [7, 11) is 0. The zero-order valence-corrected chi connectivity index (χ0v) is 9.97. The highest BCUT2D eigenvalue weighted by molar-refractivity contribution is 5.48. The van der Waals surface area contributed by atoms with Gasteiger partial charge in [0.05, 0.1) is 19.2 Å². The molecular formula is C13H17N3O. The van der Waals surface area contributed by atoms with Gasteiger partial charge in [-0.2, -0.15) is 5.26 Å². The minimum Gasteiger partial charge on any atom is -0.366 e. The van der Waals surface area contributed by atoms with Crippen molar-refractivity contribution in [1.29, 1.82) is 5.26 Å². The van der Waals surface area contributed by atoms with E-state index < -0.39 is 0 Å². The SMILES string of the molecule is C[C@H](N)c1ccc(N2CCOC(C#N)C2)cc1. The Balaban J connectivity index is 2.09. The lowest BCUT2D eigenvalue weighted by atomic mass is 10.1. The Morgan fingerprint density at radius 1 is 1.47 bits per heavy atom. The average Bonchev–Trinajstić information content (AvgIpc) is 2.39. The Bertz CT molecular complexity index is 408. The van der Waals surface area contributed by atoms with Crippen molar-refractivity contribution >= 4 is 5.69 Å². The number of rotatable bonds is 2. The van der Waals surface area contributed by atoms with Crippen LogP contribution in [-0.4, -0.2) is 25.8 Å². The standard InChI is InChI=1S/C13H17N3O/c1-10(15)11-2-4-12(5-3-11)16-6-7-17-13(8-14)9-16/h2-5,10,13H,6-7,9,15H2,1H3/t10-,13?/m0/s1. The summed E-state index contributed by atoms with van der Waals surface area (Å²) < 4.78 is 5.32. The summed E-state index contributed by atoms with van der Waals surface area (Å²) >= 11 is 0. The summed E-state index contributed by atoms with van der Waals surface area (Å²) in [5.41, 5.74) is 8.06. The monoisotopic (exact) mass is 231 g/mol. The van der Waals surface area contributed by atoms with E-state index in [2.05, 4.69) is 23.1 Å². The number of hydrogen-bond acceptors (Lipinski definition) is 4. The lowest BCUT2D eigenvalue weighted by Gasteiger charge is -2.31. The largest absolute Gasteiger partial charge is 0.366 e. The first-order valence-electron chi connectivity index (χ1n) is 5.82. The van der Waals surface area contributed by atoms with Gasteiger partial charge in [0.2, 0.25) is 0 Å². The summed E-state index contributed by atoms with van der Waals surface area (Å²) in [5.74, 6) is 0. The molecule has 2 atom stereocenters. The van der Waals surface area contributed by atoms with Gasteiger partial charge in [-0.3, -0.25) is 0 Å². The molecule has 1 saturated heterocycles. The van der Waals surface area contributed by atoms with Crippen LogP contribution in [-0.2, 0) is 4.74 Å². The van der Waals surface area contributed by atoms with Crippen LogP contribution < -0.4 is 10.6 Å². The predicted molar refractivity (Wildman–Crippen MR) is 66.6 cm³/mol. The van der Waals surface area contributed by atoms with E-state index in [0.29, 0.717) is 13.2 Å². The van der Waals surface area contributed by atoms with E-state index in [1.54, 1.807) is 0 Å². The maximum Gasteiger partial charge on any atom is 0.161 e. The molecule has 0 radical (unpaired) electrons. The van der Waals surface area contributed by atoms with Crippen molar-refractivity contribution in [3.05, 3.63) is 29.8 Å². The number of hydrogen-bond donors (Lipinski definition) is 1.